The minimum Gasteiger partial charge on any atom is -0.382 e. The van der Waals surface area contributed by atoms with Crippen LogP contribution in [0.3, 0.4) is 0 Å². The number of hydrogen-bond donors (Lipinski definition) is 6. The highest BCUT2D eigenvalue weighted by atomic mass is 35.5. The summed E-state index contributed by atoms with van der Waals surface area (Å²) in [5.41, 5.74) is 7.20. The molecule has 7 N–H and O–H groups in total. The molecule has 14 nitrogen and oxygen atoms in total. The Labute approximate surface area is 334 Å². The number of nitrogen functional groups attached to an aromatic ring is 1. The van der Waals surface area contributed by atoms with E-state index in [1.165, 1.54) is 18.1 Å². The topological polar surface area (TPSA) is 198 Å². The number of carbonyl (C=O) groups is 4. The lowest BCUT2D eigenvalue weighted by molar-refractivity contribution is -0.122. The predicted molar refractivity (Wildman–Crippen MR) is 215 cm³/mol. The maximum absolute atomic E-state index is 12.4. The van der Waals surface area contributed by atoms with Crippen molar-refractivity contribution in [2.75, 3.05) is 31.1 Å². The Hall–Kier alpha value is -3.47. The largest absolute Gasteiger partial charge is 0.382 e. The first kappa shape index (κ1) is 41.7. The monoisotopic (exact) mass is 820 g/mol. The van der Waals surface area contributed by atoms with Gasteiger partial charge in [0.05, 0.1) is 12.1 Å². The molecule has 0 radical (unpaired) electrons. The first-order valence-corrected chi connectivity index (χ1v) is 21.4. The van der Waals surface area contributed by atoms with Crippen molar-refractivity contribution >= 4 is 87.5 Å². The Kier molecular flexibility index (Phi) is 16.7. The van der Waals surface area contributed by atoms with E-state index in [1.807, 2.05) is 28.5 Å². The number of thioether (sulfide) groups is 1. The Morgan fingerprint density at radius 1 is 0.833 bits per heavy atom. The molecule has 5 rings (SSSR count). The Morgan fingerprint density at radius 2 is 1.44 bits per heavy atom. The molecule has 0 saturated carbocycles. The van der Waals surface area contributed by atoms with Gasteiger partial charge in [-0.05, 0) is 63.1 Å². The molecular formula is C36H50Cl2N10O4S2. The number of halogens is 2. The number of amides is 5. The second kappa shape index (κ2) is 21.6. The Balaban J connectivity index is 0.841. The van der Waals surface area contributed by atoms with Crippen molar-refractivity contribution in [3.05, 3.63) is 34.6 Å². The molecule has 2 aliphatic rings. The number of nitrogens with one attached hydrogen (secondary N) is 5. The van der Waals surface area contributed by atoms with Crippen LogP contribution >= 0.6 is 46.7 Å². The van der Waals surface area contributed by atoms with Crippen LogP contribution in [-0.4, -0.2) is 86.0 Å². The molecule has 2 aliphatic heterocycles. The van der Waals surface area contributed by atoms with Crippen LogP contribution in [0.5, 0.6) is 0 Å². The summed E-state index contributed by atoms with van der Waals surface area (Å²) < 4.78 is 1.96. The normalized spacial score (nSPS) is 17.6. The lowest BCUT2D eigenvalue weighted by Gasteiger charge is -2.16. The van der Waals surface area contributed by atoms with E-state index in [1.54, 1.807) is 6.07 Å². The van der Waals surface area contributed by atoms with E-state index >= 15 is 0 Å². The SMILES string of the molecule is Nc1ncnc2c1nc(Sc1cc(Cl)cc(Cl)c1)n2CCCNC(=O)CCCCCNC(=O)CCCCCNC(=O)CCCC[C@@H]1SC[C@@H]2NC(=O)N[C@@H]21. The molecule has 3 atom stereocenters. The van der Waals surface area contributed by atoms with E-state index < -0.39 is 0 Å². The number of hydrogen-bond acceptors (Lipinski definition) is 10. The molecule has 4 heterocycles. The lowest BCUT2D eigenvalue weighted by Crippen LogP contribution is -2.36. The number of urea groups is 1. The number of anilines is 1. The average molecular weight is 822 g/mol. The first-order valence-electron chi connectivity index (χ1n) is 18.8. The number of imidazole rings is 1. The van der Waals surface area contributed by atoms with Crippen LogP contribution < -0.4 is 32.3 Å². The van der Waals surface area contributed by atoms with Gasteiger partial charge in [-0.25, -0.2) is 19.7 Å². The zero-order valence-corrected chi connectivity index (χ0v) is 33.5. The van der Waals surface area contributed by atoms with Gasteiger partial charge < -0.3 is 36.9 Å². The average Bonchev–Trinajstić information content (AvgIpc) is 3.80. The maximum atomic E-state index is 12.4. The van der Waals surface area contributed by atoms with Crippen LogP contribution in [0.1, 0.15) is 83.5 Å². The number of unbranched alkanes of at least 4 members (excludes halogenated alkanes) is 5. The molecule has 3 aromatic rings. The van der Waals surface area contributed by atoms with Crippen molar-refractivity contribution in [3.8, 4) is 0 Å². The number of rotatable bonds is 23. The van der Waals surface area contributed by atoms with Gasteiger partial charge in [0.15, 0.2) is 22.1 Å². The van der Waals surface area contributed by atoms with Crippen LogP contribution in [0.25, 0.3) is 11.2 Å². The fourth-order valence-electron chi connectivity index (χ4n) is 6.54. The van der Waals surface area contributed by atoms with Crippen molar-refractivity contribution < 1.29 is 19.2 Å². The van der Waals surface area contributed by atoms with Crippen molar-refractivity contribution in [2.24, 2.45) is 0 Å². The molecule has 1 aromatic carbocycles. The van der Waals surface area contributed by atoms with Gasteiger partial charge in [-0.2, -0.15) is 11.8 Å². The van der Waals surface area contributed by atoms with E-state index in [0.29, 0.717) is 89.3 Å². The number of benzene rings is 1. The van der Waals surface area contributed by atoms with Gasteiger partial charge in [-0.3, -0.25) is 14.4 Å². The second-order valence-electron chi connectivity index (χ2n) is 13.6. The quantitative estimate of drug-likeness (QED) is 0.0529. The maximum Gasteiger partial charge on any atom is 0.315 e. The van der Waals surface area contributed by atoms with Gasteiger partial charge in [0.2, 0.25) is 17.7 Å². The Morgan fingerprint density at radius 3 is 2.09 bits per heavy atom. The molecule has 54 heavy (non-hydrogen) atoms. The molecule has 2 aromatic heterocycles. The van der Waals surface area contributed by atoms with Crippen molar-refractivity contribution in [1.29, 1.82) is 0 Å². The molecule has 18 heteroatoms. The van der Waals surface area contributed by atoms with Gasteiger partial charge in [0.1, 0.15) is 6.33 Å². The fraction of sp³-hybridized carbons (Fsp3) is 0.583. The predicted octanol–water partition coefficient (Wildman–Crippen LogP) is 5.45. The van der Waals surface area contributed by atoms with E-state index in [0.717, 1.165) is 68.4 Å². The summed E-state index contributed by atoms with van der Waals surface area (Å²) in [5, 5.41) is 17.1. The van der Waals surface area contributed by atoms with E-state index in [2.05, 4.69) is 41.5 Å². The minimum atomic E-state index is -0.0658. The molecule has 0 bridgehead atoms. The molecule has 0 aliphatic carbocycles. The highest BCUT2D eigenvalue weighted by Gasteiger charge is 2.42. The van der Waals surface area contributed by atoms with Crippen LogP contribution in [0.2, 0.25) is 10.0 Å². The number of nitrogens with two attached hydrogens (primary N) is 1. The summed E-state index contributed by atoms with van der Waals surface area (Å²) in [4.78, 5) is 62.3. The van der Waals surface area contributed by atoms with E-state index in [-0.39, 0.29) is 35.8 Å². The van der Waals surface area contributed by atoms with Gasteiger partial charge in [-0.1, -0.05) is 54.2 Å². The summed E-state index contributed by atoms with van der Waals surface area (Å²) in [7, 11) is 0. The van der Waals surface area contributed by atoms with Gasteiger partial charge in [0, 0.05) is 71.4 Å². The summed E-state index contributed by atoms with van der Waals surface area (Å²) >= 11 is 15.7. The number of aromatic nitrogens is 4. The van der Waals surface area contributed by atoms with Gasteiger partial charge in [0.25, 0.3) is 0 Å². The van der Waals surface area contributed by atoms with Crippen LogP contribution in [0.15, 0.2) is 34.6 Å². The van der Waals surface area contributed by atoms with Crippen molar-refractivity contribution in [2.45, 2.75) is 117 Å². The summed E-state index contributed by atoms with van der Waals surface area (Å²) in [5.74, 6) is 1.35. The summed E-state index contributed by atoms with van der Waals surface area (Å²) in [6, 6.07) is 5.68. The standard InChI is InChI=1S/C36H50Cl2N10O4S2/c37-23-18-24(38)20-25(19-23)54-36-47-32-33(39)43-22-44-34(32)48(36)17-9-16-42-29(50)12-4-2-7-14-40-28(49)11-3-1-8-15-41-30(51)13-6-5-10-27-31-26(21-53-27)45-35(52)46-31/h18-20,22,26-27,31H,1-17,21H2,(H,40,49)(H,41,51)(H,42,50)(H2,39,43,44)(H2,45,46,52)/t26-,27-,31-/m0/s1. The molecule has 0 spiro atoms. The molecular weight excluding hydrogens is 772 g/mol. The van der Waals surface area contributed by atoms with Crippen LogP contribution in [0, 0.1) is 0 Å². The van der Waals surface area contributed by atoms with E-state index in [9.17, 15) is 19.2 Å². The molecule has 0 unspecified atom stereocenters. The second-order valence-corrected chi connectivity index (χ2v) is 16.8. The van der Waals surface area contributed by atoms with Crippen LogP contribution in [0.4, 0.5) is 10.6 Å². The number of aryl methyl sites for hydroxylation is 1. The highest BCUT2D eigenvalue weighted by molar-refractivity contribution is 8.00. The lowest BCUT2D eigenvalue weighted by atomic mass is 10.0. The number of nitrogens with zero attached hydrogens (tertiary/aromatic N) is 4. The number of fused-ring (bicyclic) bond motifs is 2. The first-order chi connectivity index (χ1) is 26.2. The fourth-order valence-corrected chi connectivity index (χ4v) is 9.75. The zero-order valence-electron chi connectivity index (χ0n) is 30.3. The molecule has 5 amide bonds. The zero-order chi connectivity index (χ0) is 38.3. The third-order valence-electron chi connectivity index (χ3n) is 9.34. The minimum absolute atomic E-state index is 0.00354. The smallest absolute Gasteiger partial charge is 0.315 e. The van der Waals surface area contributed by atoms with Gasteiger partial charge >= 0.3 is 6.03 Å². The summed E-state index contributed by atoms with van der Waals surface area (Å²) in [6.45, 7) is 2.28. The van der Waals surface area contributed by atoms with Crippen molar-refractivity contribution in [3.63, 3.8) is 0 Å². The third-order valence-corrected chi connectivity index (χ3v) is 12.2. The van der Waals surface area contributed by atoms with Crippen LogP contribution in [-0.2, 0) is 20.9 Å². The third kappa shape index (κ3) is 13.1. The van der Waals surface area contributed by atoms with Gasteiger partial charge in [-0.15, -0.1) is 0 Å². The number of carbonyl (C=O) groups excluding carboxylic acids is 4. The van der Waals surface area contributed by atoms with Crippen molar-refractivity contribution in [1.82, 2.24) is 46.1 Å². The molecule has 2 saturated heterocycles. The Bertz CT molecular complexity index is 1730. The summed E-state index contributed by atoms with van der Waals surface area (Å²) in [6.07, 6.45) is 11.2. The molecule has 294 valence electrons. The highest BCUT2D eigenvalue weighted by Crippen LogP contribution is 2.35. The molecule has 2 fully saturated rings. The van der Waals surface area contributed by atoms with E-state index in [4.69, 9.17) is 28.9 Å².